The fraction of sp³-hybridized carbons (Fsp3) is 0.409. The minimum absolute atomic E-state index is 0.0758. The summed E-state index contributed by atoms with van der Waals surface area (Å²) in [5.41, 5.74) is -5.43. The molecule has 1 aliphatic rings. The summed E-state index contributed by atoms with van der Waals surface area (Å²) in [6, 6.07) is 4.75. The van der Waals surface area contributed by atoms with Crippen LogP contribution in [0.15, 0.2) is 41.4 Å². The Labute approximate surface area is 208 Å². The molecular weight excluding hydrogens is 536 g/mol. The fourth-order valence-electron chi connectivity index (χ4n) is 3.54. The number of aliphatic hydroxyl groups is 1. The smallest absolute Gasteiger partial charge is 0.369 e. The van der Waals surface area contributed by atoms with E-state index < -0.39 is 33.4 Å². The van der Waals surface area contributed by atoms with Gasteiger partial charge in [0, 0.05) is 48.9 Å². The number of piperazine rings is 1. The number of halogens is 7. The molecule has 0 spiro atoms. The highest BCUT2D eigenvalue weighted by Crippen LogP contribution is 2.50. The van der Waals surface area contributed by atoms with Gasteiger partial charge in [0.05, 0.1) is 11.4 Å². The van der Waals surface area contributed by atoms with Gasteiger partial charge in [0.25, 0.3) is 5.60 Å². The minimum atomic E-state index is -5.95. The Morgan fingerprint density at radius 1 is 1.03 bits per heavy atom. The number of aromatic nitrogens is 1. The maximum absolute atomic E-state index is 13.0. The van der Waals surface area contributed by atoms with E-state index in [2.05, 4.69) is 16.2 Å². The number of rotatable bonds is 4. The molecule has 1 aromatic heterocycles. The molecule has 36 heavy (non-hydrogen) atoms. The van der Waals surface area contributed by atoms with Crippen molar-refractivity contribution < 1.29 is 39.9 Å². The van der Waals surface area contributed by atoms with Crippen LogP contribution in [0, 0.1) is 18.1 Å². The Bertz CT molecular complexity index is 1250. The van der Waals surface area contributed by atoms with Crippen LogP contribution >= 0.6 is 11.6 Å². The average molecular weight is 556 g/mol. The van der Waals surface area contributed by atoms with Crippen LogP contribution in [-0.2, 0) is 15.4 Å². The van der Waals surface area contributed by atoms with Crippen LogP contribution in [-0.4, -0.2) is 68.5 Å². The molecule has 196 valence electrons. The van der Waals surface area contributed by atoms with E-state index in [1.807, 2.05) is 4.90 Å². The molecular formula is C22H20ClF6N3O3S. The summed E-state index contributed by atoms with van der Waals surface area (Å²) < 4.78 is 103. The van der Waals surface area contributed by atoms with Crippen LogP contribution in [0.1, 0.15) is 11.1 Å². The number of anilines is 1. The van der Waals surface area contributed by atoms with Crippen molar-refractivity contribution in [1.82, 2.24) is 9.88 Å². The summed E-state index contributed by atoms with van der Waals surface area (Å²) >= 11 is 5.80. The van der Waals surface area contributed by atoms with E-state index in [1.165, 1.54) is 6.07 Å². The highest BCUT2D eigenvalue weighted by molar-refractivity contribution is 7.96. The third-order valence-electron chi connectivity index (χ3n) is 5.65. The molecule has 6 nitrogen and oxygen atoms in total. The maximum Gasteiger partial charge on any atom is 0.430 e. The van der Waals surface area contributed by atoms with Crippen molar-refractivity contribution >= 4 is 27.1 Å². The second kappa shape index (κ2) is 10.1. The Balaban J connectivity index is 1.62. The van der Waals surface area contributed by atoms with Gasteiger partial charge < -0.3 is 10.0 Å². The first kappa shape index (κ1) is 28.0. The summed E-state index contributed by atoms with van der Waals surface area (Å²) in [7, 11) is -3.89. The van der Waals surface area contributed by atoms with Gasteiger partial charge in [0.1, 0.15) is 5.15 Å². The molecule has 0 saturated carbocycles. The van der Waals surface area contributed by atoms with Crippen molar-refractivity contribution in [2.24, 2.45) is 0 Å². The minimum Gasteiger partial charge on any atom is -0.369 e. The molecule has 0 radical (unpaired) electrons. The van der Waals surface area contributed by atoms with Crippen LogP contribution in [0.2, 0.25) is 5.15 Å². The van der Waals surface area contributed by atoms with Crippen LogP contribution in [0.3, 0.4) is 0 Å². The van der Waals surface area contributed by atoms with Gasteiger partial charge in [-0.15, -0.1) is 0 Å². The second-order valence-electron chi connectivity index (χ2n) is 8.08. The molecule has 0 bridgehead atoms. The maximum atomic E-state index is 13.0. The number of alkyl halides is 6. The summed E-state index contributed by atoms with van der Waals surface area (Å²) in [6.07, 6.45) is -10.8. The van der Waals surface area contributed by atoms with Crippen LogP contribution in [0.4, 0.5) is 32.0 Å². The molecule has 1 saturated heterocycles. The predicted octanol–water partition coefficient (Wildman–Crippen LogP) is 3.91. The Morgan fingerprint density at radius 2 is 1.58 bits per heavy atom. The predicted molar refractivity (Wildman–Crippen MR) is 120 cm³/mol. The lowest BCUT2D eigenvalue weighted by atomic mass is 9.92. The molecule has 0 unspecified atom stereocenters. The molecule has 2 heterocycles. The molecule has 0 atom stereocenters. The molecule has 0 amide bonds. The summed E-state index contributed by atoms with van der Waals surface area (Å²) in [4.78, 5) is 7.32. The summed E-state index contributed by atoms with van der Waals surface area (Å²) in [6.45, 7) is 3.34. The fourth-order valence-corrected chi connectivity index (χ4v) is 4.54. The van der Waals surface area contributed by atoms with E-state index in [9.17, 15) is 39.9 Å². The quantitative estimate of drug-likeness (QED) is 0.267. The van der Waals surface area contributed by atoms with E-state index in [-0.39, 0.29) is 16.6 Å². The van der Waals surface area contributed by atoms with Gasteiger partial charge in [0.2, 0.25) is 9.84 Å². The van der Waals surface area contributed by atoms with Crippen molar-refractivity contribution in [2.45, 2.75) is 29.8 Å². The third kappa shape index (κ3) is 5.72. The summed E-state index contributed by atoms with van der Waals surface area (Å²) in [5, 5.41) is 11.9. The van der Waals surface area contributed by atoms with Crippen molar-refractivity contribution in [3.8, 4) is 11.2 Å². The van der Waals surface area contributed by atoms with Gasteiger partial charge in [-0.1, -0.05) is 29.7 Å². The number of hydrogen-bond donors (Lipinski definition) is 1. The lowest BCUT2D eigenvalue weighted by Crippen LogP contribution is -2.53. The van der Waals surface area contributed by atoms with Crippen molar-refractivity contribution in [2.75, 3.05) is 37.6 Å². The first-order chi connectivity index (χ1) is 16.6. The first-order valence-corrected chi connectivity index (χ1v) is 12.2. The highest BCUT2D eigenvalue weighted by Gasteiger charge is 2.71. The van der Waals surface area contributed by atoms with Gasteiger partial charge >= 0.3 is 12.4 Å². The topological polar surface area (TPSA) is 73.7 Å². The van der Waals surface area contributed by atoms with Gasteiger partial charge in [-0.2, -0.15) is 26.3 Å². The van der Waals surface area contributed by atoms with Crippen molar-refractivity contribution in [1.29, 1.82) is 0 Å². The Hall–Kier alpha value is -2.53. The normalized spacial score (nSPS) is 16.0. The average Bonchev–Trinajstić information content (AvgIpc) is 2.79. The number of hydrogen-bond acceptors (Lipinski definition) is 6. The highest BCUT2D eigenvalue weighted by atomic mass is 35.5. The van der Waals surface area contributed by atoms with Gasteiger partial charge in [-0.25, -0.2) is 13.4 Å². The molecule has 1 aromatic carbocycles. The largest absolute Gasteiger partial charge is 0.430 e. The molecule has 0 aliphatic carbocycles. The lowest BCUT2D eigenvalue weighted by Gasteiger charge is -2.36. The molecule has 1 N–H and O–H groups in total. The molecule has 2 aromatic rings. The standard InChI is InChI=1S/C22H20ClF6N3O3S/c1-15-13-18(14-30-19(15)23)36(34,35)12-2-7-31-8-10-32(11-9-31)17-5-3-16(4-6-17)20(33,21(24,25)26)22(27,28)29/h3-6,13-14,33H,7-11H2,1H3. The molecule has 1 fully saturated rings. The van der Waals surface area contributed by atoms with E-state index in [0.29, 0.717) is 49.6 Å². The Kier molecular flexibility index (Phi) is 7.86. The van der Waals surface area contributed by atoms with E-state index in [4.69, 9.17) is 11.6 Å². The number of nitrogens with zero attached hydrogens (tertiary/aromatic N) is 3. The number of benzene rings is 1. The van der Waals surface area contributed by atoms with Crippen LogP contribution in [0.5, 0.6) is 0 Å². The van der Waals surface area contributed by atoms with Gasteiger partial charge in [0.15, 0.2) is 0 Å². The number of pyridine rings is 1. The Morgan fingerprint density at radius 3 is 2.08 bits per heavy atom. The van der Waals surface area contributed by atoms with E-state index >= 15 is 0 Å². The van der Waals surface area contributed by atoms with Gasteiger partial charge in [-0.3, -0.25) is 4.90 Å². The van der Waals surface area contributed by atoms with Gasteiger partial charge in [-0.05, 0) is 30.7 Å². The molecule has 3 rings (SSSR count). The zero-order chi connectivity index (χ0) is 26.9. The van der Waals surface area contributed by atoms with Crippen molar-refractivity contribution in [3.05, 3.63) is 52.8 Å². The van der Waals surface area contributed by atoms with Crippen molar-refractivity contribution in [3.63, 3.8) is 0 Å². The molecule has 1 aliphatic heterocycles. The van der Waals surface area contributed by atoms with Crippen LogP contribution < -0.4 is 4.90 Å². The zero-order valence-corrected chi connectivity index (χ0v) is 20.2. The third-order valence-corrected chi connectivity index (χ3v) is 7.30. The van der Waals surface area contributed by atoms with Crippen LogP contribution in [0.25, 0.3) is 0 Å². The second-order valence-corrected chi connectivity index (χ2v) is 10.1. The van der Waals surface area contributed by atoms with E-state index in [0.717, 1.165) is 18.3 Å². The first-order valence-electron chi connectivity index (χ1n) is 10.4. The zero-order valence-electron chi connectivity index (χ0n) is 18.7. The lowest BCUT2D eigenvalue weighted by molar-refractivity contribution is -0.376. The summed E-state index contributed by atoms with van der Waals surface area (Å²) in [5.74, 6) is 2.60. The number of sulfone groups is 1. The van der Waals surface area contributed by atoms with E-state index in [1.54, 1.807) is 11.8 Å². The molecule has 14 heteroatoms. The monoisotopic (exact) mass is 555 g/mol. The SMILES string of the molecule is Cc1cc(S(=O)(=O)C#CCN2CCN(c3ccc(C(O)(C(F)(F)F)C(F)(F)F)cc3)CC2)cnc1Cl. The number of aryl methyl sites for hydroxylation is 1.